The van der Waals surface area contributed by atoms with E-state index >= 15 is 0 Å². The average molecular weight is 277 g/mol. The zero-order valence-corrected chi connectivity index (χ0v) is 12.9. The second kappa shape index (κ2) is 7.46. The minimum Gasteiger partial charge on any atom is -0.478 e. The van der Waals surface area contributed by atoms with Crippen molar-refractivity contribution in [1.82, 2.24) is 9.97 Å². The van der Waals surface area contributed by atoms with Crippen LogP contribution in [0, 0.1) is 11.8 Å². The minimum atomic E-state index is 0.526. The highest BCUT2D eigenvalue weighted by atomic mass is 16.5. The lowest BCUT2D eigenvalue weighted by molar-refractivity contribution is 0.253. The Kier molecular flexibility index (Phi) is 5.62. The molecule has 0 aliphatic heterocycles. The van der Waals surface area contributed by atoms with Crippen LogP contribution in [0.1, 0.15) is 52.9 Å². The van der Waals surface area contributed by atoms with Crippen molar-refractivity contribution in [2.24, 2.45) is 11.8 Å². The van der Waals surface area contributed by atoms with E-state index in [9.17, 15) is 0 Å². The molecule has 0 spiro atoms. The number of nitrogens with zero attached hydrogens (tertiary/aromatic N) is 2. The summed E-state index contributed by atoms with van der Waals surface area (Å²) in [7, 11) is 0. The fourth-order valence-electron chi connectivity index (χ4n) is 3.03. The van der Waals surface area contributed by atoms with Gasteiger partial charge in [-0.3, -0.25) is 0 Å². The van der Waals surface area contributed by atoms with Gasteiger partial charge in [-0.05, 0) is 31.1 Å². The number of anilines is 1. The lowest BCUT2D eigenvalue weighted by Crippen LogP contribution is -2.35. The lowest BCUT2D eigenvalue weighted by Gasteiger charge is -2.35. The van der Waals surface area contributed by atoms with Crippen LogP contribution in [0.15, 0.2) is 12.4 Å². The molecule has 4 nitrogen and oxygen atoms in total. The van der Waals surface area contributed by atoms with E-state index in [0.717, 1.165) is 18.2 Å². The van der Waals surface area contributed by atoms with Crippen LogP contribution in [0.5, 0.6) is 5.88 Å². The van der Waals surface area contributed by atoms with Crippen LogP contribution in [-0.2, 0) is 0 Å². The highest BCUT2D eigenvalue weighted by Crippen LogP contribution is 2.32. The third-order valence-electron chi connectivity index (χ3n) is 4.11. The summed E-state index contributed by atoms with van der Waals surface area (Å²) < 4.78 is 5.57. The molecule has 0 amide bonds. The SMILES string of the molecule is CCCOc1cc(NC2CCCCC2C(C)C)ncn1. The van der Waals surface area contributed by atoms with Gasteiger partial charge >= 0.3 is 0 Å². The second-order valence-corrected chi connectivity index (χ2v) is 6.03. The molecule has 0 saturated heterocycles. The Balaban J connectivity index is 2.00. The fraction of sp³-hybridized carbons (Fsp3) is 0.750. The summed E-state index contributed by atoms with van der Waals surface area (Å²) in [5.41, 5.74) is 0. The van der Waals surface area contributed by atoms with Crippen LogP contribution in [0.25, 0.3) is 0 Å². The zero-order valence-electron chi connectivity index (χ0n) is 12.9. The summed E-state index contributed by atoms with van der Waals surface area (Å²) >= 11 is 0. The van der Waals surface area contributed by atoms with E-state index in [-0.39, 0.29) is 0 Å². The van der Waals surface area contributed by atoms with Crippen molar-refractivity contribution in [3.63, 3.8) is 0 Å². The van der Waals surface area contributed by atoms with Crippen molar-refractivity contribution in [2.45, 2.75) is 58.9 Å². The Morgan fingerprint density at radius 2 is 2.10 bits per heavy atom. The maximum absolute atomic E-state index is 5.57. The number of ether oxygens (including phenoxy) is 1. The molecule has 0 aromatic carbocycles. The number of hydrogen-bond donors (Lipinski definition) is 1. The smallest absolute Gasteiger partial charge is 0.218 e. The first-order valence-corrected chi connectivity index (χ1v) is 7.92. The summed E-state index contributed by atoms with van der Waals surface area (Å²) in [4.78, 5) is 8.48. The van der Waals surface area contributed by atoms with E-state index in [4.69, 9.17) is 4.74 Å². The molecule has 1 N–H and O–H groups in total. The molecule has 1 saturated carbocycles. The van der Waals surface area contributed by atoms with Gasteiger partial charge in [0.2, 0.25) is 5.88 Å². The first-order chi connectivity index (χ1) is 9.70. The number of nitrogens with one attached hydrogen (secondary N) is 1. The van der Waals surface area contributed by atoms with E-state index in [2.05, 4.69) is 36.1 Å². The molecule has 2 unspecified atom stereocenters. The fourth-order valence-corrected chi connectivity index (χ4v) is 3.03. The molecular weight excluding hydrogens is 250 g/mol. The molecule has 0 bridgehead atoms. The standard InChI is InChI=1S/C16H27N3O/c1-4-9-20-16-10-15(17-11-18-16)19-14-8-6-5-7-13(14)12(2)3/h10-14H,4-9H2,1-3H3,(H,17,18,19). The Labute approximate surface area is 122 Å². The largest absolute Gasteiger partial charge is 0.478 e. The maximum atomic E-state index is 5.57. The van der Waals surface area contributed by atoms with Crippen molar-refractivity contribution in [1.29, 1.82) is 0 Å². The molecule has 1 fully saturated rings. The molecular formula is C16H27N3O. The van der Waals surface area contributed by atoms with Gasteiger partial charge in [-0.1, -0.05) is 33.6 Å². The summed E-state index contributed by atoms with van der Waals surface area (Å²) in [5, 5.41) is 3.60. The number of hydrogen-bond acceptors (Lipinski definition) is 4. The molecule has 2 rings (SSSR count). The summed E-state index contributed by atoms with van der Waals surface area (Å²) in [5.74, 6) is 3.01. The number of aromatic nitrogens is 2. The Morgan fingerprint density at radius 1 is 1.30 bits per heavy atom. The predicted molar refractivity (Wildman–Crippen MR) is 82.0 cm³/mol. The van der Waals surface area contributed by atoms with Gasteiger partial charge in [0, 0.05) is 12.1 Å². The third kappa shape index (κ3) is 4.09. The molecule has 4 heteroatoms. The minimum absolute atomic E-state index is 0.526. The normalized spacial score (nSPS) is 22.8. The third-order valence-corrected chi connectivity index (χ3v) is 4.11. The van der Waals surface area contributed by atoms with Gasteiger partial charge in [-0.15, -0.1) is 0 Å². The van der Waals surface area contributed by atoms with Crippen molar-refractivity contribution in [3.8, 4) is 5.88 Å². The quantitative estimate of drug-likeness (QED) is 0.857. The Hall–Kier alpha value is -1.32. The van der Waals surface area contributed by atoms with Crippen LogP contribution in [0.2, 0.25) is 0 Å². The maximum Gasteiger partial charge on any atom is 0.218 e. The Bertz CT molecular complexity index is 408. The first kappa shape index (κ1) is 15.1. The van der Waals surface area contributed by atoms with Crippen LogP contribution >= 0.6 is 0 Å². The molecule has 1 heterocycles. The molecule has 1 aliphatic rings. The van der Waals surface area contributed by atoms with E-state index in [0.29, 0.717) is 24.4 Å². The summed E-state index contributed by atoms with van der Waals surface area (Å²) in [6.45, 7) is 7.44. The second-order valence-electron chi connectivity index (χ2n) is 6.03. The van der Waals surface area contributed by atoms with Crippen LogP contribution < -0.4 is 10.1 Å². The zero-order chi connectivity index (χ0) is 14.4. The summed E-state index contributed by atoms with van der Waals surface area (Å²) in [6, 6.07) is 2.44. The van der Waals surface area contributed by atoms with Crippen molar-refractivity contribution >= 4 is 5.82 Å². The van der Waals surface area contributed by atoms with Crippen LogP contribution in [-0.4, -0.2) is 22.6 Å². The van der Waals surface area contributed by atoms with Gasteiger partial charge in [0.05, 0.1) is 6.61 Å². The molecule has 20 heavy (non-hydrogen) atoms. The van der Waals surface area contributed by atoms with Gasteiger partial charge in [-0.25, -0.2) is 9.97 Å². The predicted octanol–water partition coefficient (Wildman–Crippen LogP) is 3.89. The van der Waals surface area contributed by atoms with Crippen molar-refractivity contribution in [3.05, 3.63) is 12.4 Å². The molecule has 112 valence electrons. The number of rotatable bonds is 6. The topological polar surface area (TPSA) is 47.0 Å². The van der Waals surface area contributed by atoms with Crippen LogP contribution in [0.3, 0.4) is 0 Å². The highest BCUT2D eigenvalue weighted by Gasteiger charge is 2.27. The highest BCUT2D eigenvalue weighted by molar-refractivity contribution is 5.38. The lowest BCUT2D eigenvalue weighted by atomic mass is 9.78. The van der Waals surface area contributed by atoms with E-state index < -0.39 is 0 Å². The summed E-state index contributed by atoms with van der Waals surface area (Å²) in [6.07, 6.45) is 7.80. The Morgan fingerprint density at radius 3 is 2.85 bits per heavy atom. The van der Waals surface area contributed by atoms with Crippen molar-refractivity contribution in [2.75, 3.05) is 11.9 Å². The van der Waals surface area contributed by atoms with Crippen LogP contribution in [0.4, 0.5) is 5.82 Å². The molecule has 1 aromatic rings. The van der Waals surface area contributed by atoms with Gasteiger partial charge in [0.15, 0.2) is 0 Å². The van der Waals surface area contributed by atoms with Gasteiger partial charge in [0.25, 0.3) is 0 Å². The molecule has 1 aliphatic carbocycles. The molecule has 1 aromatic heterocycles. The molecule has 0 radical (unpaired) electrons. The van der Waals surface area contributed by atoms with Crippen molar-refractivity contribution < 1.29 is 4.74 Å². The van der Waals surface area contributed by atoms with Gasteiger partial charge in [-0.2, -0.15) is 0 Å². The molecule has 2 atom stereocenters. The van der Waals surface area contributed by atoms with Gasteiger partial charge in [0.1, 0.15) is 12.1 Å². The van der Waals surface area contributed by atoms with E-state index in [1.54, 1.807) is 6.33 Å². The van der Waals surface area contributed by atoms with E-state index in [1.807, 2.05) is 6.07 Å². The monoisotopic (exact) mass is 277 g/mol. The first-order valence-electron chi connectivity index (χ1n) is 7.92. The average Bonchev–Trinajstić information content (AvgIpc) is 2.46. The van der Waals surface area contributed by atoms with Gasteiger partial charge < -0.3 is 10.1 Å². The van der Waals surface area contributed by atoms with E-state index in [1.165, 1.54) is 25.7 Å².